The van der Waals surface area contributed by atoms with E-state index in [-0.39, 0.29) is 11.6 Å². The van der Waals surface area contributed by atoms with Crippen LogP contribution >= 0.6 is 0 Å². The van der Waals surface area contributed by atoms with Gasteiger partial charge >= 0.3 is 0 Å². The van der Waals surface area contributed by atoms with Gasteiger partial charge in [-0.25, -0.2) is 0 Å². The Hall–Kier alpha value is -4.19. The first-order chi connectivity index (χ1) is 15.6. The fraction of sp³-hybridized carbons (Fsp3) is 0.115. The molecular weight excluding hydrogens is 402 g/mol. The second kappa shape index (κ2) is 9.75. The predicted octanol–water partition coefficient (Wildman–Crippen LogP) is 5.29. The molecule has 0 fully saturated rings. The van der Waals surface area contributed by atoms with Gasteiger partial charge in [0.15, 0.2) is 0 Å². The van der Waals surface area contributed by atoms with Crippen LogP contribution in [0.3, 0.4) is 0 Å². The topological polar surface area (TPSA) is 68.4 Å². The van der Waals surface area contributed by atoms with Gasteiger partial charge in [0.2, 0.25) is 0 Å². The van der Waals surface area contributed by atoms with Crippen molar-refractivity contribution in [3.05, 3.63) is 136 Å². The normalized spacial score (nSPS) is 10.6. The number of nitrogens with zero attached hydrogens (tertiary/aromatic N) is 3. The second-order valence-electron chi connectivity index (χ2n) is 7.56. The maximum atomic E-state index is 13.4. The summed E-state index contributed by atoms with van der Waals surface area (Å²) in [6.45, 7) is 1.58. The Balaban J connectivity index is 1.59. The highest BCUT2D eigenvalue weighted by Gasteiger charge is 2.19. The van der Waals surface area contributed by atoms with Crippen molar-refractivity contribution >= 4 is 11.6 Å². The molecule has 3 aromatic carbocycles. The first kappa shape index (κ1) is 21.1. The number of non-ortho nitro benzene ring substituents is 1. The van der Waals surface area contributed by atoms with Crippen LogP contribution in [0.4, 0.5) is 5.69 Å². The van der Waals surface area contributed by atoms with Gasteiger partial charge in [-0.3, -0.25) is 14.9 Å². The lowest BCUT2D eigenvalue weighted by molar-refractivity contribution is -0.384. The van der Waals surface area contributed by atoms with Gasteiger partial charge in [0, 0.05) is 42.7 Å². The monoisotopic (exact) mass is 425 g/mol. The molecule has 4 rings (SSSR count). The van der Waals surface area contributed by atoms with Crippen molar-refractivity contribution in [2.45, 2.75) is 19.6 Å². The summed E-state index contributed by atoms with van der Waals surface area (Å²) in [4.78, 5) is 25.6. The molecule has 160 valence electrons. The Bertz CT molecular complexity index is 1190. The summed E-state index contributed by atoms with van der Waals surface area (Å²) in [7, 11) is 0. The summed E-state index contributed by atoms with van der Waals surface area (Å²) in [6, 6.07) is 29.7. The minimum Gasteiger partial charge on any atom is -0.345 e. The van der Waals surface area contributed by atoms with Crippen LogP contribution in [0.15, 0.2) is 103 Å². The zero-order chi connectivity index (χ0) is 22.3. The van der Waals surface area contributed by atoms with Gasteiger partial charge in [0.05, 0.1) is 11.5 Å². The van der Waals surface area contributed by atoms with E-state index >= 15 is 0 Å². The Morgan fingerprint density at radius 3 is 2.03 bits per heavy atom. The Morgan fingerprint density at radius 1 is 0.781 bits per heavy atom. The molecule has 0 spiro atoms. The quantitative estimate of drug-likeness (QED) is 0.285. The van der Waals surface area contributed by atoms with Crippen LogP contribution in [-0.2, 0) is 19.6 Å². The summed E-state index contributed by atoms with van der Waals surface area (Å²) in [6.07, 6.45) is 2.01. The zero-order valence-electron chi connectivity index (χ0n) is 17.5. The maximum Gasteiger partial charge on any atom is 0.269 e. The highest BCUT2D eigenvalue weighted by atomic mass is 16.6. The molecule has 0 bridgehead atoms. The van der Waals surface area contributed by atoms with Crippen molar-refractivity contribution in [1.82, 2.24) is 9.47 Å². The number of aromatic nitrogens is 1. The first-order valence-corrected chi connectivity index (χ1v) is 10.4. The fourth-order valence-electron chi connectivity index (χ4n) is 3.63. The molecule has 32 heavy (non-hydrogen) atoms. The molecule has 0 atom stereocenters. The van der Waals surface area contributed by atoms with E-state index in [2.05, 4.69) is 16.7 Å². The zero-order valence-corrected chi connectivity index (χ0v) is 17.5. The van der Waals surface area contributed by atoms with Crippen molar-refractivity contribution in [3.63, 3.8) is 0 Å². The highest BCUT2D eigenvalue weighted by molar-refractivity contribution is 5.94. The SMILES string of the molecule is O=C(c1ccc([N+](=O)[O-])cc1)N(Cc1ccccc1)Cc1cccn1Cc1ccccc1. The van der Waals surface area contributed by atoms with Crippen molar-refractivity contribution in [3.8, 4) is 0 Å². The number of hydrogen-bond acceptors (Lipinski definition) is 3. The van der Waals surface area contributed by atoms with Crippen molar-refractivity contribution in [2.75, 3.05) is 0 Å². The largest absolute Gasteiger partial charge is 0.345 e. The average molecular weight is 425 g/mol. The fourth-order valence-corrected chi connectivity index (χ4v) is 3.63. The summed E-state index contributed by atoms with van der Waals surface area (Å²) in [5.74, 6) is -0.170. The smallest absolute Gasteiger partial charge is 0.269 e. The lowest BCUT2D eigenvalue weighted by atomic mass is 10.1. The van der Waals surface area contributed by atoms with Gasteiger partial charge in [-0.2, -0.15) is 0 Å². The molecule has 0 aliphatic rings. The lowest BCUT2D eigenvalue weighted by Gasteiger charge is -2.24. The van der Waals surface area contributed by atoms with Gasteiger partial charge in [0.25, 0.3) is 11.6 Å². The van der Waals surface area contributed by atoms with Crippen molar-refractivity contribution in [2.24, 2.45) is 0 Å². The van der Waals surface area contributed by atoms with Gasteiger partial charge in [-0.05, 0) is 35.4 Å². The van der Waals surface area contributed by atoms with E-state index in [1.165, 1.54) is 29.8 Å². The summed E-state index contributed by atoms with van der Waals surface area (Å²) >= 11 is 0. The third kappa shape index (κ3) is 5.10. The Morgan fingerprint density at radius 2 is 1.41 bits per heavy atom. The van der Waals surface area contributed by atoms with Gasteiger partial charge < -0.3 is 9.47 Å². The third-order valence-electron chi connectivity index (χ3n) is 5.30. The third-order valence-corrected chi connectivity index (χ3v) is 5.30. The van der Waals surface area contributed by atoms with Crippen molar-refractivity contribution in [1.29, 1.82) is 0 Å². The predicted molar refractivity (Wildman–Crippen MR) is 123 cm³/mol. The minimum atomic E-state index is -0.466. The van der Waals surface area contributed by atoms with Crippen LogP contribution in [-0.4, -0.2) is 20.3 Å². The standard InChI is InChI=1S/C26H23N3O3/c30-26(23-13-15-24(16-14-23)29(31)32)28(19-22-10-5-2-6-11-22)20-25-12-7-17-27(25)18-21-8-3-1-4-9-21/h1-17H,18-20H2. The van der Waals surface area contributed by atoms with Crippen LogP contribution in [0, 0.1) is 10.1 Å². The summed E-state index contributed by atoms with van der Waals surface area (Å²) in [5, 5.41) is 11.0. The van der Waals surface area contributed by atoms with Gasteiger partial charge in [-0.1, -0.05) is 60.7 Å². The Kier molecular flexibility index (Phi) is 6.41. The maximum absolute atomic E-state index is 13.4. The first-order valence-electron chi connectivity index (χ1n) is 10.4. The summed E-state index contributed by atoms with van der Waals surface area (Å²) in [5.41, 5.74) is 3.60. The molecule has 0 saturated heterocycles. The van der Waals surface area contributed by atoms with Crippen LogP contribution in [0.1, 0.15) is 27.2 Å². The van der Waals surface area contributed by atoms with Gasteiger partial charge in [0.1, 0.15) is 0 Å². The van der Waals surface area contributed by atoms with Crippen LogP contribution < -0.4 is 0 Å². The van der Waals surface area contributed by atoms with E-state index in [1.54, 1.807) is 4.90 Å². The number of rotatable bonds is 8. The Labute approximate surface area is 186 Å². The van der Waals surface area contributed by atoms with E-state index in [9.17, 15) is 14.9 Å². The number of benzene rings is 3. The van der Waals surface area contributed by atoms with E-state index in [0.717, 1.165) is 11.3 Å². The summed E-state index contributed by atoms with van der Waals surface area (Å²) < 4.78 is 2.14. The van der Waals surface area contributed by atoms with Crippen LogP contribution in [0.5, 0.6) is 0 Å². The number of hydrogen-bond donors (Lipinski definition) is 0. The molecule has 0 aliphatic carbocycles. The number of nitro benzene ring substituents is 1. The van der Waals surface area contributed by atoms with Crippen LogP contribution in [0.25, 0.3) is 0 Å². The molecule has 1 heterocycles. The number of carbonyl (C=O) groups is 1. The minimum absolute atomic E-state index is 0.0344. The molecule has 1 amide bonds. The lowest BCUT2D eigenvalue weighted by Crippen LogP contribution is -2.31. The molecule has 6 heteroatoms. The molecule has 6 nitrogen and oxygen atoms in total. The number of amides is 1. The molecule has 0 N–H and O–H groups in total. The molecule has 0 radical (unpaired) electrons. The average Bonchev–Trinajstić information content (AvgIpc) is 3.26. The highest BCUT2D eigenvalue weighted by Crippen LogP contribution is 2.18. The molecule has 0 unspecified atom stereocenters. The molecule has 4 aromatic rings. The molecule has 0 aliphatic heterocycles. The van der Waals surface area contributed by atoms with Crippen LogP contribution in [0.2, 0.25) is 0 Å². The van der Waals surface area contributed by atoms with Gasteiger partial charge in [-0.15, -0.1) is 0 Å². The van der Waals surface area contributed by atoms with E-state index in [1.807, 2.05) is 66.9 Å². The number of carbonyl (C=O) groups excluding carboxylic acids is 1. The van der Waals surface area contributed by atoms with E-state index < -0.39 is 4.92 Å². The molecule has 0 saturated carbocycles. The van der Waals surface area contributed by atoms with E-state index in [0.29, 0.717) is 25.2 Å². The van der Waals surface area contributed by atoms with E-state index in [4.69, 9.17) is 0 Å². The number of nitro groups is 1. The molecule has 1 aromatic heterocycles. The molecular formula is C26H23N3O3. The van der Waals surface area contributed by atoms with Crippen molar-refractivity contribution < 1.29 is 9.72 Å². The second-order valence-corrected chi connectivity index (χ2v) is 7.56.